The van der Waals surface area contributed by atoms with Crippen LogP contribution in [0.25, 0.3) is 0 Å². The van der Waals surface area contributed by atoms with Crippen molar-refractivity contribution in [2.24, 2.45) is 11.8 Å². The van der Waals surface area contributed by atoms with Gasteiger partial charge in [0.1, 0.15) is 6.10 Å². The van der Waals surface area contributed by atoms with Crippen molar-refractivity contribution < 1.29 is 29.0 Å². The van der Waals surface area contributed by atoms with E-state index >= 15 is 0 Å². The van der Waals surface area contributed by atoms with E-state index in [2.05, 4.69) is 33.9 Å². The quantitative estimate of drug-likeness (QED) is 0.191. The zero-order valence-electron chi connectivity index (χ0n) is 20.6. The molecule has 7 heteroatoms. The smallest absolute Gasteiger partial charge is 0.338 e. The summed E-state index contributed by atoms with van der Waals surface area (Å²) in [6.07, 6.45) is 5.44. The van der Waals surface area contributed by atoms with E-state index in [1.165, 1.54) is 0 Å². The first-order valence-corrected chi connectivity index (χ1v) is 14.8. The molecule has 1 aliphatic rings. The van der Waals surface area contributed by atoms with Gasteiger partial charge in [-0.15, -0.1) is 0 Å². The van der Waals surface area contributed by atoms with E-state index in [1.54, 1.807) is 24.3 Å². The number of allylic oxidation sites excluding steroid dienone is 2. The number of carbonyl (C=O) groups is 2. The maximum Gasteiger partial charge on any atom is 0.338 e. The normalized spacial score (nSPS) is 23.7. The Morgan fingerprint density at radius 2 is 1.79 bits per heavy atom. The van der Waals surface area contributed by atoms with Crippen LogP contribution in [0.15, 0.2) is 42.5 Å². The molecule has 2 N–H and O–H groups in total. The number of carbonyl (C=O) groups excluding carboxylic acids is 1. The third-order valence-corrected chi connectivity index (χ3v) is 11.5. The Bertz CT molecular complexity index is 799. The van der Waals surface area contributed by atoms with Crippen molar-refractivity contribution in [3.05, 3.63) is 48.0 Å². The monoisotopic (exact) mass is 476 g/mol. The number of esters is 1. The molecular formula is C26H40O6Si. The molecule has 1 aliphatic carbocycles. The maximum atomic E-state index is 12.7. The van der Waals surface area contributed by atoms with E-state index in [1.807, 2.05) is 18.2 Å². The van der Waals surface area contributed by atoms with Crippen molar-refractivity contribution in [1.82, 2.24) is 0 Å². The average Bonchev–Trinajstić information content (AvgIpc) is 3.02. The molecule has 1 aromatic rings. The van der Waals surface area contributed by atoms with Gasteiger partial charge >= 0.3 is 11.9 Å². The molecule has 0 aliphatic heterocycles. The molecule has 4 atom stereocenters. The SMILES string of the molecule is CC(C)(C)[Si](C)(C)OC[C@@H]1[C@@H](C/C=C\CCCC(=O)O)[C@@H](O)C[C@H]1OC(=O)c1ccccc1. The molecule has 0 saturated heterocycles. The maximum absolute atomic E-state index is 12.7. The molecule has 0 spiro atoms. The van der Waals surface area contributed by atoms with Crippen LogP contribution in [-0.4, -0.2) is 49.3 Å². The van der Waals surface area contributed by atoms with Crippen molar-refractivity contribution in [3.63, 3.8) is 0 Å². The van der Waals surface area contributed by atoms with Gasteiger partial charge in [-0.05, 0) is 55.4 Å². The van der Waals surface area contributed by atoms with E-state index in [-0.39, 0.29) is 29.3 Å². The van der Waals surface area contributed by atoms with Crippen molar-refractivity contribution in [2.75, 3.05) is 6.61 Å². The first-order valence-electron chi connectivity index (χ1n) is 11.9. The van der Waals surface area contributed by atoms with E-state index in [9.17, 15) is 14.7 Å². The van der Waals surface area contributed by atoms with Crippen molar-refractivity contribution in [1.29, 1.82) is 0 Å². The minimum atomic E-state index is -2.01. The summed E-state index contributed by atoms with van der Waals surface area (Å²) in [4.78, 5) is 23.4. The fourth-order valence-corrected chi connectivity index (χ4v) is 4.93. The molecule has 0 unspecified atom stereocenters. The highest BCUT2D eigenvalue weighted by atomic mass is 28.4. The number of aliphatic hydroxyl groups excluding tert-OH is 1. The van der Waals surface area contributed by atoms with Crippen LogP contribution in [-0.2, 0) is 14.0 Å². The molecule has 2 rings (SSSR count). The Labute approximate surface area is 199 Å². The van der Waals surface area contributed by atoms with Crippen molar-refractivity contribution in [3.8, 4) is 0 Å². The van der Waals surface area contributed by atoms with Gasteiger partial charge in [-0.3, -0.25) is 4.79 Å². The summed E-state index contributed by atoms with van der Waals surface area (Å²) in [5.41, 5.74) is 0.498. The number of hydrogen-bond acceptors (Lipinski definition) is 5. The number of ether oxygens (including phenoxy) is 1. The van der Waals surface area contributed by atoms with Gasteiger partial charge < -0.3 is 19.4 Å². The molecule has 6 nitrogen and oxygen atoms in total. The minimum Gasteiger partial charge on any atom is -0.481 e. The van der Waals surface area contributed by atoms with Gasteiger partial charge in [0.15, 0.2) is 8.32 Å². The highest BCUT2D eigenvalue weighted by molar-refractivity contribution is 6.74. The molecule has 184 valence electrons. The Balaban J connectivity index is 2.10. The summed E-state index contributed by atoms with van der Waals surface area (Å²) in [5, 5.41) is 19.7. The van der Waals surface area contributed by atoms with Gasteiger partial charge in [0, 0.05) is 25.4 Å². The third kappa shape index (κ3) is 8.09. The van der Waals surface area contributed by atoms with Gasteiger partial charge in [-0.1, -0.05) is 51.1 Å². The third-order valence-electron chi connectivity index (χ3n) is 7.04. The highest BCUT2D eigenvalue weighted by Gasteiger charge is 2.46. The van der Waals surface area contributed by atoms with Crippen molar-refractivity contribution >= 4 is 20.3 Å². The number of unbranched alkanes of at least 4 members (excludes halogenated alkanes) is 1. The lowest BCUT2D eigenvalue weighted by Crippen LogP contribution is -2.43. The molecular weight excluding hydrogens is 436 g/mol. The molecule has 0 bridgehead atoms. The summed E-state index contributed by atoms with van der Waals surface area (Å²) in [5.74, 6) is -1.36. The number of carboxylic acid groups (broad SMARTS) is 1. The first kappa shape index (κ1) is 27.3. The summed E-state index contributed by atoms with van der Waals surface area (Å²) < 4.78 is 12.4. The molecule has 0 aromatic heterocycles. The average molecular weight is 477 g/mol. The van der Waals surface area contributed by atoms with Crippen LogP contribution in [0.5, 0.6) is 0 Å². The van der Waals surface area contributed by atoms with Crippen LogP contribution < -0.4 is 0 Å². The van der Waals surface area contributed by atoms with Gasteiger partial charge in [-0.25, -0.2) is 4.79 Å². The molecule has 0 heterocycles. The van der Waals surface area contributed by atoms with Gasteiger partial charge in [0.25, 0.3) is 0 Å². The summed E-state index contributed by atoms with van der Waals surface area (Å²) in [6.45, 7) is 11.4. The summed E-state index contributed by atoms with van der Waals surface area (Å²) in [7, 11) is -2.01. The lowest BCUT2D eigenvalue weighted by atomic mass is 9.91. The Kier molecular flexibility index (Phi) is 9.88. The summed E-state index contributed by atoms with van der Waals surface area (Å²) >= 11 is 0. The zero-order valence-corrected chi connectivity index (χ0v) is 21.6. The Hall–Kier alpha value is -1.96. The topological polar surface area (TPSA) is 93.1 Å². The van der Waals surface area contributed by atoms with E-state index in [0.717, 1.165) is 0 Å². The second-order valence-corrected chi connectivity index (χ2v) is 15.3. The van der Waals surface area contributed by atoms with Gasteiger partial charge in [-0.2, -0.15) is 0 Å². The largest absolute Gasteiger partial charge is 0.481 e. The number of aliphatic carboxylic acids is 1. The first-order chi connectivity index (χ1) is 15.4. The molecule has 1 saturated carbocycles. The number of benzene rings is 1. The van der Waals surface area contributed by atoms with Crippen LogP contribution >= 0.6 is 0 Å². The molecule has 1 fully saturated rings. The van der Waals surface area contributed by atoms with E-state index in [4.69, 9.17) is 14.3 Å². The highest BCUT2D eigenvalue weighted by Crippen LogP contribution is 2.41. The number of rotatable bonds is 11. The second kappa shape index (κ2) is 11.9. The summed E-state index contributed by atoms with van der Waals surface area (Å²) in [6, 6.07) is 8.91. The van der Waals surface area contributed by atoms with Crippen LogP contribution in [0.2, 0.25) is 18.1 Å². The Morgan fingerprint density at radius 1 is 1.12 bits per heavy atom. The molecule has 1 aromatic carbocycles. The standard InChI is InChI=1S/C26H40O6Si/c1-26(2,3)33(4,5)31-18-21-20(15-11-6-7-12-16-24(28)29)22(27)17-23(21)32-25(30)19-13-9-8-10-14-19/h6,8-11,13-14,20-23,27H,7,12,15-18H2,1-5H3,(H,28,29)/b11-6-/t20-,21-,22+,23-/m1/s1. The number of aliphatic hydroxyl groups is 1. The van der Waals surface area contributed by atoms with E-state index in [0.29, 0.717) is 37.9 Å². The Morgan fingerprint density at radius 3 is 2.39 bits per heavy atom. The molecule has 0 amide bonds. The fourth-order valence-electron chi connectivity index (χ4n) is 3.89. The van der Waals surface area contributed by atoms with Crippen molar-refractivity contribution in [2.45, 2.75) is 83.2 Å². The van der Waals surface area contributed by atoms with Gasteiger partial charge in [0.2, 0.25) is 0 Å². The van der Waals surface area contributed by atoms with Crippen LogP contribution in [0.1, 0.15) is 63.2 Å². The fraction of sp³-hybridized carbons (Fsp3) is 0.615. The van der Waals surface area contributed by atoms with E-state index < -0.39 is 26.5 Å². The number of carboxylic acids is 1. The van der Waals surface area contributed by atoms with Gasteiger partial charge in [0.05, 0.1) is 11.7 Å². The zero-order chi connectivity index (χ0) is 24.6. The number of hydrogen-bond donors (Lipinski definition) is 2. The van der Waals surface area contributed by atoms with Crippen LogP contribution in [0, 0.1) is 11.8 Å². The minimum absolute atomic E-state index is 0.0555. The molecule has 0 radical (unpaired) electrons. The van der Waals surface area contributed by atoms with Crippen LogP contribution in [0.3, 0.4) is 0 Å². The molecule has 33 heavy (non-hydrogen) atoms. The second-order valence-electron chi connectivity index (χ2n) is 10.5. The predicted octanol–water partition coefficient (Wildman–Crippen LogP) is 5.43. The van der Waals surface area contributed by atoms with Crippen LogP contribution in [0.4, 0.5) is 0 Å². The lowest BCUT2D eigenvalue weighted by Gasteiger charge is -2.38. The predicted molar refractivity (Wildman–Crippen MR) is 132 cm³/mol. The lowest BCUT2D eigenvalue weighted by molar-refractivity contribution is -0.137.